The molecule has 1 aliphatic rings. The molecule has 0 bridgehead atoms. The molecule has 0 atom stereocenters. The van der Waals surface area contributed by atoms with E-state index in [0.717, 1.165) is 34.1 Å². The Morgan fingerprint density at radius 3 is 2.76 bits per heavy atom. The highest BCUT2D eigenvalue weighted by Gasteiger charge is 2.19. The number of hydrogen-bond donors (Lipinski definition) is 1. The molecule has 2 aromatic rings. The minimum Gasteiger partial charge on any atom is -0.324 e. The van der Waals surface area contributed by atoms with E-state index in [1.54, 1.807) is 0 Å². The summed E-state index contributed by atoms with van der Waals surface area (Å²) in [6.45, 7) is 4.64. The van der Waals surface area contributed by atoms with Gasteiger partial charge in [0.15, 0.2) is 0 Å². The summed E-state index contributed by atoms with van der Waals surface area (Å²) in [5.74, 6) is 6.35. The van der Waals surface area contributed by atoms with Crippen molar-refractivity contribution in [2.24, 2.45) is 4.99 Å². The molecule has 3 rings (SSSR count). The van der Waals surface area contributed by atoms with E-state index in [-0.39, 0.29) is 12.5 Å². The molecule has 0 saturated carbocycles. The molecule has 1 amide bonds. The molecule has 0 unspecified atom stereocenters. The number of fused-ring (bicyclic) bond motifs is 1. The van der Waals surface area contributed by atoms with Gasteiger partial charge in [-0.15, -0.1) is 5.92 Å². The topological polar surface area (TPSA) is 41.5 Å². The number of anilines is 1. The number of benzodiazepines with no additional fused rings is 1. The molecule has 25 heavy (non-hydrogen) atoms. The van der Waals surface area contributed by atoms with Crippen molar-refractivity contribution < 1.29 is 4.79 Å². The van der Waals surface area contributed by atoms with Gasteiger partial charge in [-0.2, -0.15) is 0 Å². The molecular formula is C20H19ClN2OSi. The monoisotopic (exact) mass is 366 g/mol. The summed E-state index contributed by atoms with van der Waals surface area (Å²) < 4.78 is 0. The van der Waals surface area contributed by atoms with Crippen LogP contribution in [-0.4, -0.2) is 27.0 Å². The minimum atomic E-state index is -0.692. The number of hydrogen-bond acceptors (Lipinski definition) is 2. The number of halogens is 1. The third-order valence-electron chi connectivity index (χ3n) is 3.80. The van der Waals surface area contributed by atoms with Crippen LogP contribution in [-0.2, 0) is 4.79 Å². The minimum absolute atomic E-state index is 0.0786. The number of aliphatic imine (C=N–C) groups is 1. The van der Waals surface area contributed by atoms with E-state index >= 15 is 0 Å². The summed E-state index contributed by atoms with van der Waals surface area (Å²) in [5, 5.41) is 3.52. The highest BCUT2D eigenvalue weighted by atomic mass is 35.5. The summed E-state index contributed by atoms with van der Waals surface area (Å²) in [6.07, 6.45) is 0. The third-order valence-corrected chi connectivity index (χ3v) is 5.15. The Labute approximate surface area is 154 Å². The fourth-order valence-corrected chi connectivity index (χ4v) is 3.33. The average Bonchev–Trinajstić information content (AvgIpc) is 2.73. The van der Waals surface area contributed by atoms with Gasteiger partial charge in [-0.1, -0.05) is 48.8 Å². The van der Waals surface area contributed by atoms with Crippen LogP contribution in [0.2, 0.25) is 24.2 Å². The fourth-order valence-electron chi connectivity index (χ4n) is 2.59. The van der Waals surface area contributed by atoms with Crippen LogP contribution in [0.3, 0.4) is 0 Å². The first kappa shape index (κ1) is 17.5. The summed E-state index contributed by atoms with van der Waals surface area (Å²) in [6, 6.07) is 14.3. The SMILES string of the molecule is C[SiH](C)CC#Cc1ccc2c(c1)C(c1ccccc1Cl)=NCC(=O)N2. The fraction of sp³-hybridized carbons (Fsp3) is 0.200. The van der Waals surface area contributed by atoms with Crippen molar-refractivity contribution in [3.05, 3.63) is 64.2 Å². The van der Waals surface area contributed by atoms with E-state index in [4.69, 9.17) is 11.6 Å². The lowest BCUT2D eigenvalue weighted by molar-refractivity contribution is -0.114. The molecule has 0 radical (unpaired) electrons. The Bertz CT molecular complexity index is 909. The van der Waals surface area contributed by atoms with Gasteiger partial charge in [-0.3, -0.25) is 9.79 Å². The van der Waals surface area contributed by atoms with E-state index in [1.165, 1.54) is 0 Å². The van der Waals surface area contributed by atoms with Crippen molar-refractivity contribution in [2.45, 2.75) is 19.1 Å². The molecular weight excluding hydrogens is 348 g/mol. The van der Waals surface area contributed by atoms with Gasteiger partial charge in [0.2, 0.25) is 5.91 Å². The summed E-state index contributed by atoms with van der Waals surface area (Å²) >= 11 is 6.36. The Balaban J connectivity index is 2.08. The second-order valence-corrected chi connectivity index (χ2v) is 9.96. The van der Waals surface area contributed by atoms with Gasteiger partial charge < -0.3 is 5.32 Å². The first-order valence-electron chi connectivity index (χ1n) is 8.27. The summed E-state index contributed by atoms with van der Waals surface area (Å²) in [7, 11) is -0.692. The summed E-state index contributed by atoms with van der Waals surface area (Å²) in [5.41, 5.74) is 4.06. The molecule has 0 aromatic heterocycles. The Morgan fingerprint density at radius 2 is 2.00 bits per heavy atom. The molecule has 5 heteroatoms. The molecule has 126 valence electrons. The van der Waals surface area contributed by atoms with E-state index in [9.17, 15) is 4.79 Å². The Kier molecular flexibility index (Phi) is 5.37. The predicted molar refractivity (Wildman–Crippen MR) is 108 cm³/mol. The van der Waals surface area contributed by atoms with Gasteiger partial charge in [-0.05, 0) is 24.3 Å². The van der Waals surface area contributed by atoms with E-state index in [0.29, 0.717) is 5.02 Å². The maximum absolute atomic E-state index is 12.0. The van der Waals surface area contributed by atoms with Crippen LogP contribution in [0.15, 0.2) is 47.5 Å². The maximum atomic E-state index is 12.0. The van der Waals surface area contributed by atoms with Crippen LogP contribution < -0.4 is 5.32 Å². The van der Waals surface area contributed by atoms with Crippen molar-refractivity contribution in [2.75, 3.05) is 11.9 Å². The van der Waals surface area contributed by atoms with Gasteiger partial charge in [0.25, 0.3) is 0 Å². The van der Waals surface area contributed by atoms with Crippen molar-refractivity contribution in [1.29, 1.82) is 0 Å². The van der Waals surface area contributed by atoms with Crippen LogP contribution in [0.25, 0.3) is 0 Å². The highest BCUT2D eigenvalue weighted by molar-refractivity contribution is 6.56. The van der Waals surface area contributed by atoms with Gasteiger partial charge >= 0.3 is 0 Å². The summed E-state index contributed by atoms with van der Waals surface area (Å²) in [4.78, 5) is 16.5. The molecule has 0 aliphatic carbocycles. The number of benzene rings is 2. The maximum Gasteiger partial charge on any atom is 0.246 e. The van der Waals surface area contributed by atoms with Crippen molar-refractivity contribution in [3.63, 3.8) is 0 Å². The Morgan fingerprint density at radius 1 is 1.20 bits per heavy atom. The molecule has 2 aromatic carbocycles. The third kappa shape index (κ3) is 4.19. The number of rotatable bonds is 2. The Hall–Kier alpha value is -2.35. The lowest BCUT2D eigenvalue weighted by Gasteiger charge is -2.11. The van der Waals surface area contributed by atoms with E-state index in [1.807, 2.05) is 42.5 Å². The molecule has 1 aliphatic heterocycles. The van der Waals surface area contributed by atoms with Crippen molar-refractivity contribution in [1.82, 2.24) is 0 Å². The highest BCUT2D eigenvalue weighted by Crippen LogP contribution is 2.27. The van der Waals surface area contributed by atoms with Gasteiger partial charge in [0.1, 0.15) is 6.54 Å². The lowest BCUT2D eigenvalue weighted by atomic mass is 9.98. The van der Waals surface area contributed by atoms with Gasteiger partial charge in [0, 0.05) is 36.6 Å². The first-order valence-corrected chi connectivity index (χ1v) is 11.8. The van der Waals surface area contributed by atoms with Gasteiger partial charge in [-0.25, -0.2) is 0 Å². The normalized spacial score (nSPS) is 13.3. The zero-order valence-corrected chi connectivity index (χ0v) is 16.2. The van der Waals surface area contributed by atoms with Crippen molar-refractivity contribution in [3.8, 4) is 11.8 Å². The molecule has 0 saturated heterocycles. The standard InChI is InChI=1S/C20H19ClN2OSi/c1-25(2)11-5-6-14-9-10-18-16(12-14)20(22-13-19(24)23-18)15-7-3-4-8-17(15)21/h3-4,7-10,12,25H,11,13H2,1-2H3,(H,23,24). The van der Waals surface area contributed by atoms with Crippen LogP contribution in [0.5, 0.6) is 0 Å². The molecule has 1 N–H and O–H groups in total. The van der Waals surface area contributed by atoms with Crippen LogP contribution >= 0.6 is 11.6 Å². The molecule has 0 fully saturated rings. The largest absolute Gasteiger partial charge is 0.324 e. The van der Waals surface area contributed by atoms with Crippen LogP contribution in [0, 0.1) is 11.8 Å². The predicted octanol–water partition coefficient (Wildman–Crippen LogP) is 3.97. The first-order chi connectivity index (χ1) is 12.0. The number of carbonyl (C=O) groups excluding carboxylic acids is 1. The van der Waals surface area contributed by atoms with Crippen LogP contribution in [0.1, 0.15) is 16.7 Å². The second kappa shape index (κ2) is 7.69. The number of nitrogens with zero attached hydrogens (tertiary/aromatic N) is 1. The zero-order valence-electron chi connectivity index (χ0n) is 14.3. The van der Waals surface area contributed by atoms with E-state index < -0.39 is 8.80 Å². The number of nitrogens with one attached hydrogen (secondary N) is 1. The molecule has 1 heterocycles. The average molecular weight is 367 g/mol. The number of carbonyl (C=O) groups is 1. The van der Waals surface area contributed by atoms with E-state index in [2.05, 4.69) is 35.2 Å². The molecule has 0 spiro atoms. The van der Waals surface area contributed by atoms with Crippen LogP contribution in [0.4, 0.5) is 5.69 Å². The van der Waals surface area contributed by atoms with Crippen molar-refractivity contribution >= 4 is 37.7 Å². The smallest absolute Gasteiger partial charge is 0.246 e. The quantitative estimate of drug-likeness (QED) is 0.634. The zero-order chi connectivity index (χ0) is 17.8. The second-order valence-electron chi connectivity index (χ2n) is 6.35. The number of amides is 1. The lowest BCUT2D eigenvalue weighted by Crippen LogP contribution is -2.13. The van der Waals surface area contributed by atoms with Gasteiger partial charge in [0.05, 0.1) is 11.4 Å². The molecule has 3 nitrogen and oxygen atoms in total.